The molecule has 1 amide bonds. The highest BCUT2D eigenvalue weighted by molar-refractivity contribution is 5.75. The smallest absolute Gasteiger partial charge is 0.220 e. The van der Waals surface area contributed by atoms with Gasteiger partial charge in [0.05, 0.1) is 12.2 Å². The zero-order valence-electron chi connectivity index (χ0n) is 14.3. The quantitative estimate of drug-likeness (QED) is 0.811. The van der Waals surface area contributed by atoms with E-state index >= 15 is 0 Å². The van der Waals surface area contributed by atoms with Crippen molar-refractivity contribution in [2.24, 2.45) is 5.41 Å². The highest BCUT2D eigenvalue weighted by Crippen LogP contribution is 2.21. The molecule has 1 rings (SSSR count). The molecule has 0 saturated heterocycles. The maximum Gasteiger partial charge on any atom is 0.220 e. The number of ether oxygens (including phenoxy) is 1. The number of hydrogen-bond acceptors (Lipinski definition) is 3. The summed E-state index contributed by atoms with van der Waals surface area (Å²) in [6.45, 7) is 10.5. The topological polar surface area (TPSA) is 58.6 Å². The lowest BCUT2D eigenvalue weighted by atomic mass is 9.90. The van der Waals surface area contributed by atoms with Gasteiger partial charge in [0, 0.05) is 13.0 Å². The minimum Gasteiger partial charge on any atom is -0.491 e. The van der Waals surface area contributed by atoms with Gasteiger partial charge in [0.15, 0.2) is 0 Å². The van der Waals surface area contributed by atoms with E-state index in [0.717, 1.165) is 17.7 Å². The van der Waals surface area contributed by atoms with E-state index in [2.05, 4.69) is 26.1 Å². The van der Waals surface area contributed by atoms with Gasteiger partial charge in [0.25, 0.3) is 0 Å². The first-order chi connectivity index (χ1) is 10.2. The molecule has 0 spiro atoms. The van der Waals surface area contributed by atoms with Crippen LogP contribution in [-0.4, -0.2) is 23.7 Å². The fourth-order valence-electron chi connectivity index (χ4n) is 1.95. The van der Waals surface area contributed by atoms with Crippen LogP contribution in [0.15, 0.2) is 24.3 Å². The second kappa shape index (κ2) is 8.18. The SMILES string of the molecule is CC(C)Oc1ccc(C(O)CNC(=O)CCC(C)(C)C)cc1. The molecule has 124 valence electrons. The monoisotopic (exact) mass is 307 g/mol. The maximum absolute atomic E-state index is 11.8. The van der Waals surface area contributed by atoms with Gasteiger partial charge < -0.3 is 15.2 Å². The van der Waals surface area contributed by atoms with Crippen molar-refractivity contribution in [1.82, 2.24) is 5.32 Å². The van der Waals surface area contributed by atoms with E-state index < -0.39 is 6.10 Å². The third kappa shape index (κ3) is 7.46. The van der Waals surface area contributed by atoms with Gasteiger partial charge in [-0.25, -0.2) is 0 Å². The molecular weight excluding hydrogens is 278 g/mol. The Kier molecular flexibility index (Phi) is 6.88. The van der Waals surface area contributed by atoms with Gasteiger partial charge in [-0.2, -0.15) is 0 Å². The Labute approximate surface area is 133 Å². The molecule has 0 heterocycles. The minimum absolute atomic E-state index is 0.0197. The van der Waals surface area contributed by atoms with Crippen LogP contribution in [0.2, 0.25) is 0 Å². The van der Waals surface area contributed by atoms with Crippen LogP contribution in [0.3, 0.4) is 0 Å². The van der Waals surface area contributed by atoms with Crippen molar-refractivity contribution in [3.05, 3.63) is 29.8 Å². The van der Waals surface area contributed by atoms with Gasteiger partial charge in [-0.15, -0.1) is 0 Å². The van der Waals surface area contributed by atoms with Crippen LogP contribution in [0.25, 0.3) is 0 Å². The molecule has 0 aliphatic carbocycles. The predicted molar refractivity (Wildman–Crippen MR) is 88.9 cm³/mol. The standard InChI is InChI=1S/C18H29NO3/c1-13(2)22-15-8-6-14(7-9-15)16(20)12-19-17(21)10-11-18(3,4)5/h6-9,13,16,20H,10-12H2,1-5H3,(H,19,21). The summed E-state index contributed by atoms with van der Waals surface area (Å²) in [6.07, 6.45) is 0.734. The van der Waals surface area contributed by atoms with Crippen LogP contribution in [0.4, 0.5) is 0 Å². The average Bonchev–Trinajstić information content (AvgIpc) is 2.42. The number of benzene rings is 1. The number of carbonyl (C=O) groups excluding carboxylic acids is 1. The summed E-state index contributed by atoms with van der Waals surface area (Å²) < 4.78 is 5.56. The lowest BCUT2D eigenvalue weighted by molar-refractivity contribution is -0.122. The van der Waals surface area contributed by atoms with Crippen LogP contribution >= 0.6 is 0 Å². The fraction of sp³-hybridized carbons (Fsp3) is 0.611. The number of nitrogens with one attached hydrogen (secondary N) is 1. The van der Waals surface area contributed by atoms with E-state index in [9.17, 15) is 9.90 Å². The number of carbonyl (C=O) groups is 1. The molecule has 1 unspecified atom stereocenters. The summed E-state index contributed by atoms with van der Waals surface area (Å²) >= 11 is 0. The number of hydrogen-bond donors (Lipinski definition) is 2. The molecule has 0 aliphatic heterocycles. The number of aliphatic hydroxyl groups excluding tert-OH is 1. The second-order valence-electron chi connectivity index (χ2n) is 7.12. The normalized spacial score (nSPS) is 13.0. The van der Waals surface area contributed by atoms with Crippen molar-refractivity contribution in [3.8, 4) is 5.75 Å². The Morgan fingerprint density at radius 3 is 2.32 bits per heavy atom. The summed E-state index contributed by atoms with van der Waals surface area (Å²) in [5.41, 5.74) is 0.912. The molecule has 1 atom stereocenters. The molecule has 1 aromatic rings. The number of aliphatic hydroxyl groups is 1. The second-order valence-corrected chi connectivity index (χ2v) is 7.12. The van der Waals surface area contributed by atoms with Crippen molar-refractivity contribution in [2.45, 2.75) is 59.7 Å². The van der Waals surface area contributed by atoms with Crippen molar-refractivity contribution in [3.63, 3.8) is 0 Å². The summed E-state index contributed by atoms with van der Waals surface area (Å²) in [5.74, 6) is 0.758. The van der Waals surface area contributed by atoms with Crippen LogP contribution in [-0.2, 0) is 4.79 Å². The van der Waals surface area contributed by atoms with E-state index in [1.807, 2.05) is 38.1 Å². The zero-order valence-corrected chi connectivity index (χ0v) is 14.3. The average molecular weight is 307 g/mol. The van der Waals surface area contributed by atoms with Crippen molar-refractivity contribution >= 4 is 5.91 Å². The first-order valence-corrected chi connectivity index (χ1v) is 7.89. The van der Waals surface area contributed by atoms with Gasteiger partial charge in [-0.1, -0.05) is 32.9 Å². The highest BCUT2D eigenvalue weighted by Gasteiger charge is 2.14. The third-order valence-electron chi connectivity index (χ3n) is 3.23. The minimum atomic E-state index is -0.702. The fourth-order valence-corrected chi connectivity index (χ4v) is 1.95. The van der Waals surface area contributed by atoms with E-state index in [0.29, 0.717) is 6.42 Å². The molecule has 0 saturated carbocycles. The lowest BCUT2D eigenvalue weighted by Crippen LogP contribution is -2.29. The van der Waals surface area contributed by atoms with Gasteiger partial charge in [0.1, 0.15) is 5.75 Å². The van der Waals surface area contributed by atoms with E-state index in [1.54, 1.807) is 0 Å². The van der Waals surface area contributed by atoms with Gasteiger partial charge >= 0.3 is 0 Å². The Morgan fingerprint density at radius 1 is 1.23 bits per heavy atom. The van der Waals surface area contributed by atoms with E-state index in [-0.39, 0.29) is 24.0 Å². The Bertz CT molecular complexity index is 460. The molecule has 0 aliphatic rings. The number of amides is 1. The molecule has 0 bridgehead atoms. The van der Waals surface area contributed by atoms with Gasteiger partial charge in [-0.3, -0.25) is 4.79 Å². The van der Waals surface area contributed by atoms with Gasteiger partial charge in [-0.05, 0) is 43.4 Å². The van der Waals surface area contributed by atoms with Gasteiger partial charge in [0.2, 0.25) is 5.91 Å². The molecular formula is C18H29NO3. The molecule has 0 aromatic heterocycles. The van der Waals surface area contributed by atoms with Crippen LogP contribution in [0.1, 0.15) is 59.1 Å². The largest absolute Gasteiger partial charge is 0.491 e. The van der Waals surface area contributed by atoms with Crippen LogP contribution < -0.4 is 10.1 Å². The molecule has 22 heavy (non-hydrogen) atoms. The van der Waals surface area contributed by atoms with Crippen LogP contribution in [0.5, 0.6) is 5.75 Å². The molecule has 0 fully saturated rings. The Morgan fingerprint density at radius 2 is 1.82 bits per heavy atom. The maximum atomic E-state index is 11.8. The van der Waals surface area contributed by atoms with Crippen LogP contribution in [0, 0.1) is 5.41 Å². The number of rotatable bonds is 7. The predicted octanol–water partition coefficient (Wildman–Crippen LogP) is 3.45. The molecule has 0 radical (unpaired) electrons. The van der Waals surface area contributed by atoms with Crippen molar-refractivity contribution in [2.75, 3.05) is 6.54 Å². The Hall–Kier alpha value is -1.55. The first kappa shape index (κ1) is 18.5. The first-order valence-electron chi connectivity index (χ1n) is 7.89. The van der Waals surface area contributed by atoms with Crippen molar-refractivity contribution in [1.29, 1.82) is 0 Å². The van der Waals surface area contributed by atoms with Crippen molar-refractivity contribution < 1.29 is 14.6 Å². The summed E-state index contributed by atoms with van der Waals surface area (Å²) in [6, 6.07) is 7.31. The van der Waals surface area contributed by atoms with E-state index in [1.165, 1.54) is 0 Å². The lowest BCUT2D eigenvalue weighted by Gasteiger charge is -2.18. The molecule has 2 N–H and O–H groups in total. The summed E-state index contributed by atoms with van der Waals surface area (Å²) in [5, 5.41) is 12.9. The summed E-state index contributed by atoms with van der Waals surface area (Å²) in [7, 11) is 0. The Balaban J connectivity index is 2.41. The summed E-state index contributed by atoms with van der Waals surface area (Å²) in [4.78, 5) is 11.8. The third-order valence-corrected chi connectivity index (χ3v) is 3.23. The van der Waals surface area contributed by atoms with E-state index in [4.69, 9.17) is 4.74 Å². The zero-order chi connectivity index (χ0) is 16.8. The molecule has 1 aromatic carbocycles. The molecule has 4 nitrogen and oxygen atoms in total. The molecule has 4 heteroatoms. The highest BCUT2D eigenvalue weighted by atomic mass is 16.5.